The van der Waals surface area contributed by atoms with Crippen LogP contribution < -0.4 is 0 Å². The molecule has 8 atom stereocenters. The zero-order valence-corrected chi connectivity index (χ0v) is 16.3. The lowest BCUT2D eigenvalue weighted by Crippen LogP contribution is -2.48. The Morgan fingerprint density at radius 2 is 0.759 bits per heavy atom. The van der Waals surface area contributed by atoms with Crippen LogP contribution >= 0.6 is 0 Å². The summed E-state index contributed by atoms with van der Waals surface area (Å²) in [6.07, 6.45) is -15.7. The number of rotatable bonds is 10. The molecule has 0 fully saturated rings. The van der Waals surface area contributed by atoms with Crippen molar-refractivity contribution in [1.82, 2.24) is 0 Å². The van der Waals surface area contributed by atoms with Crippen molar-refractivity contribution >= 4 is 35.0 Å². The van der Waals surface area contributed by atoms with E-state index in [1.54, 1.807) is 0 Å². The third-order valence-corrected chi connectivity index (χ3v) is 3.02. The van der Waals surface area contributed by atoms with Gasteiger partial charge in [0.15, 0.2) is 12.2 Å². The van der Waals surface area contributed by atoms with E-state index in [0.717, 1.165) is 0 Å². The molecule has 16 N–H and O–H groups in total. The lowest BCUT2D eigenvalue weighted by molar-refractivity contribution is -0.164. The van der Waals surface area contributed by atoms with Gasteiger partial charge in [-0.25, -0.2) is 9.59 Å². The lowest BCUT2D eigenvalue weighted by Gasteiger charge is -2.23. The summed E-state index contributed by atoms with van der Waals surface area (Å²) in [6, 6.07) is 0. The van der Waals surface area contributed by atoms with Crippen LogP contribution in [0, 0.1) is 0 Å². The molecular weight excluding hydrogens is 424 g/mol. The average molecular weight is 453 g/mol. The second-order valence-corrected chi connectivity index (χ2v) is 5.03. The van der Waals surface area contributed by atoms with E-state index >= 15 is 0 Å². The molecule has 0 saturated carbocycles. The summed E-state index contributed by atoms with van der Waals surface area (Å²) in [7, 11) is 0. The Balaban J connectivity index is -0.000000120. The summed E-state index contributed by atoms with van der Waals surface area (Å²) < 4.78 is 0. The van der Waals surface area contributed by atoms with Crippen LogP contribution in [0.15, 0.2) is 0 Å². The molecule has 0 saturated heterocycles. The van der Waals surface area contributed by atoms with Crippen LogP contribution in [-0.2, 0) is 9.59 Å². The molecule has 174 valence electrons. The van der Waals surface area contributed by atoms with Gasteiger partial charge in [0.1, 0.15) is 36.6 Å². The predicted molar refractivity (Wildman–Crippen MR) is 90.5 cm³/mol. The third-order valence-electron chi connectivity index (χ3n) is 3.02. The fraction of sp³-hybridized carbons (Fsp3) is 0.833. The number of carboxylic acid groups (broad SMARTS) is 2. The standard InChI is InChI=1S/2C6H12O7.Mg.2H2O/c2*7-1-2(8)3(9)4(10)5(11)6(12)13;;;/h2*2-5,7-11H,1H2,(H,12,13);;2*1H2/t2*2-,3-,4+,5-;;;/m11.../s1. The van der Waals surface area contributed by atoms with E-state index in [4.69, 9.17) is 61.3 Å². The summed E-state index contributed by atoms with van der Waals surface area (Å²) in [5.41, 5.74) is 0. The van der Waals surface area contributed by atoms with E-state index in [9.17, 15) is 9.59 Å². The molecule has 0 spiro atoms. The Hall–Kier alpha value is -0.774. The molecule has 0 rings (SSSR count). The number of aliphatic carboxylic acids is 2. The minimum Gasteiger partial charge on any atom is -0.479 e. The maximum atomic E-state index is 10.1. The highest BCUT2D eigenvalue weighted by Gasteiger charge is 2.34. The van der Waals surface area contributed by atoms with E-state index in [-0.39, 0.29) is 34.0 Å². The zero-order chi connectivity index (χ0) is 21.2. The van der Waals surface area contributed by atoms with Crippen molar-refractivity contribution in [2.45, 2.75) is 48.8 Å². The molecule has 2 radical (unpaired) electrons. The largest absolute Gasteiger partial charge is 0.479 e. The van der Waals surface area contributed by atoms with Crippen molar-refractivity contribution in [2.24, 2.45) is 0 Å². The van der Waals surface area contributed by atoms with Crippen molar-refractivity contribution in [2.75, 3.05) is 13.2 Å². The molecule has 0 bridgehead atoms. The normalized spacial score (nSPS) is 18.3. The SMILES string of the molecule is O.O.O=C(O)[C@H](O)[C@@H](O)[C@H](O)[C@H](O)CO.O=C(O)[C@H](O)[C@@H](O)[C@H](O)[C@H](O)CO.[Mg]. The van der Waals surface area contributed by atoms with Crippen LogP contribution in [-0.4, -0.2) is 169 Å². The number of hydrogen-bond acceptors (Lipinski definition) is 12. The number of carboxylic acids is 2. The Bertz CT molecular complexity index is 387. The highest BCUT2D eigenvalue weighted by molar-refractivity contribution is 5.75. The summed E-state index contributed by atoms with van der Waals surface area (Å²) in [6.45, 7) is -1.69. The average Bonchev–Trinajstić information content (AvgIpc) is 2.62. The maximum absolute atomic E-state index is 10.1. The number of carbonyl (C=O) groups is 2. The number of aliphatic hydroxyl groups is 10. The molecule has 0 aliphatic heterocycles. The number of hydrogen-bond donors (Lipinski definition) is 12. The molecule has 0 aliphatic rings. The van der Waals surface area contributed by atoms with Crippen molar-refractivity contribution < 1.29 is 81.8 Å². The summed E-state index contributed by atoms with van der Waals surface area (Å²) in [5.74, 6) is -3.45. The van der Waals surface area contributed by atoms with E-state index in [1.165, 1.54) is 0 Å². The van der Waals surface area contributed by atoms with Gasteiger partial charge in [0.05, 0.1) is 13.2 Å². The number of aliphatic hydroxyl groups excluding tert-OH is 10. The Morgan fingerprint density at radius 1 is 0.552 bits per heavy atom. The van der Waals surface area contributed by atoms with Gasteiger partial charge in [-0.05, 0) is 0 Å². The first-order valence-corrected chi connectivity index (χ1v) is 6.95. The van der Waals surface area contributed by atoms with E-state index < -0.39 is 74.0 Å². The smallest absolute Gasteiger partial charge is 0.335 e. The van der Waals surface area contributed by atoms with Crippen LogP contribution in [0.1, 0.15) is 0 Å². The van der Waals surface area contributed by atoms with Gasteiger partial charge >= 0.3 is 11.9 Å². The first-order valence-electron chi connectivity index (χ1n) is 6.95. The molecule has 0 heterocycles. The molecule has 16 nitrogen and oxygen atoms in total. The fourth-order valence-electron chi connectivity index (χ4n) is 1.34. The quantitative estimate of drug-likeness (QED) is 0.137. The molecule has 0 aromatic rings. The topological polar surface area (TPSA) is 340 Å². The third kappa shape index (κ3) is 14.0. The molecule has 0 unspecified atom stereocenters. The van der Waals surface area contributed by atoms with Crippen LogP contribution in [0.25, 0.3) is 0 Å². The van der Waals surface area contributed by atoms with E-state index in [2.05, 4.69) is 0 Å². The van der Waals surface area contributed by atoms with Gasteiger partial charge in [0.25, 0.3) is 0 Å². The van der Waals surface area contributed by atoms with E-state index in [0.29, 0.717) is 0 Å². The minimum absolute atomic E-state index is 0. The highest BCUT2D eigenvalue weighted by Crippen LogP contribution is 2.05. The van der Waals surface area contributed by atoms with Gasteiger partial charge in [-0.15, -0.1) is 0 Å². The minimum atomic E-state index is -2.20. The van der Waals surface area contributed by atoms with Crippen molar-refractivity contribution in [3.63, 3.8) is 0 Å². The van der Waals surface area contributed by atoms with E-state index in [1.807, 2.05) is 0 Å². The summed E-state index contributed by atoms with van der Waals surface area (Å²) in [5, 5.41) is 104. The molecule has 0 aromatic heterocycles. The molecule has 0 aliphatic carbocycles. The molecule has 0 aromatic carbocycles. The van der Waals surface area contributed by atoms with Gasteiger partial charge in [0, 0.05) is 23.1 Å². The van der Waals surface area contributed by atoms with Crippen molar-refractivity contribution in [3.05, 3.63) is 0 Å². The Labute approximate surface area is 179 Å². The summed E-state index contributed by atoms with van der Waals surface area (Å²) >= 11 is 0. The highest BCUT2D eigenvalue weighted by atomic mass is 24.3. The Morgan fingerprint density at radius 3 is 0.897 bits per heavy atom. The van der Waals surface area contributed by atoms with Crippen LogP contribution in [0.2, 0.25) is 0 Å². The van der Waals surface area contributed by atoms with Gasteiger partial charge in [0.2, 0.25) is 0 Å². The van der Waals surface area contributed by atoms with Crippen molar-refractivity contribution in [1.29, 1.82) is 0 Å². The first kappa shape index (κ1) is 38.8. The second kappa shape index (κ2) is 19.2. The lowest BCUT2D eigenvalue weighted by atomic mass is 10.0. The zero-order valence-electron chi connectivity index (χ0n) is 14.9. The Kier molecular flexibility index (Phi) is 25.7. The molecule has 29 heavy (non-hydrogen) atoms. The van der Waals surface area contributed by atoms with Gasteiger partial charge in [-0.1, -0.05) is 0 Å². The van der Waals surface area contributed by atoms with Crippen LogP contribution in [0.5, 0.6) is 0 Å². The first-order chi connectivity index (χ1) is 11.8. The predicted octanol–water partition coefficient (Wildman–Crippen LogP) is -9.02. The van der Waals surface area contributed by atoms with Crippen LogP contribution in [0.3, 0.4) is 0 Å². The summed E-state index contributed by atoms with van der Waals surface area (Å²) in [4.78, 5) is 20.2. The molecule has 17 heteroatoms. The maximum Gasteiger partial charge on any atom is 0.335 e. The van der Waals surface area contributed by atoms with Gasteiger partial charge < -0.3 is 72.2 Å². The second-order valence-electron chi connectivity index (χ2n) is 5.03. The van der Waals surface area contributed by atoms with Crippen LogP contribution in [0.4, 0.5) is 0 Å². The van der Waals surface area contributed by atoms with Crippen molar-refractivity contribution in [3.8, 4) is 0 Å². The molecular formula is C12H28MgO16. The van der Waals surface area contributed by atoms with Gasteiger partial charge in [-0.2, -0.15) is 0 Å². The van der Waals surface area contributed by atoms with Gasteiger partial charge in [-0.3, -0.25) is 0 Å². The molecule has 0 amide bonds. The monoisotopic (exact) mass is 452 g/mol. The fourth-order valence-corrected chi connectivity index (χ4v) is 1.34.